The third kappa shape index (κ3) is 3.59. The lowest BCUT2D eigenvalue weighted by Crippen LogP contribution is -2.51. The number of carboxylic acids is 1. The first-order valence-corrected chi connectivity index (χ1v) is 8.15. The number of urea groups is 1. The molecule has 1 aliphatic rings. The summed E-state index contributed by atoms with van der Waals surface area (Å²) in [5.41, 5.74) is 0.460. The van der Waals surface area contributed by atoms with Crippen LogP contribution in [0.3, 0.4) is 0 Å². The number of amides is 2. The molecule has 0 aromatic heterocycles. The van der Waals surface area contributed by atoms with E-state index in [0.29, 0.717) is 23.0 Å². The molecule has 1 saturated heterocycles. The molecular weight excluding hydrogens is 368 g/mol. The lowest BCUT2D eigenvalue weighted by atomic mass is 10.3. The Bertz CT molecular complexity index is 543. The van der Waals surface area contributed by atoms with Crippen LogP contribution in [0.2, 0.25) is 5.02 Å². The number of hydrogen-bond acceptors (Lipinski definition) is 3. The Morgan fingerprint density at radius 1 is 1.50 bits per heavy atom. The molecule has 1 atom stereocenters. The Morgan fingerprint density at radius 2 is 2.25 bits per heavy atom. The van der Waals surface area contributed by atoms with Gasteiger partial charge in [-0.05, 0) is 18.2 Å². The molecule has 5 nitrogen and oxygen atoms in total. The molecule has 2 amide bonds. The second-order valence-corrected chi connectivity index (χ2v) is 6.65. The highest BCUT2D eigenvalue weighted by Crippen LogP contribution is 2.26. The Kier molecular flexibility index (Phi) is 5.17. The van der Waals surface area contributed by atoms with Crippen molar-refractivity contribution in [1.29, 1.82) is 0 Å². The van der Waals surface area contributed by atoms with Crippen LogP contribution in [0.15, 0.2) is 22.7 Å². The highest BCUT2D eigenvalue weighted by Gasteiger charge is 2.32. The summed E-state index contributed by atoms with van der Waals surface area (Å²) in [6.07, 6.45) is 0. The van der Waals surface area contributed by atoms with Crippen molar-refractivity contribution >= 4 is 57.0 Å². The van der Waals surface area contributed by atoms with Gasteiger partial charge in [-0.25, -0.2) is 9.59 Å². The Labute approximate surface area is 133 Å². The fourth-order valence-corrected chi connectivity index (χ4v) is 3.59. The van der Waals surface area contributed by atoms with Crippen LogP contribution in [0.25, 0.3) is 0 Å². The number of thioether (sulfide) groups is 1. The summed E-state index contributed by atoms with van der Waals surface area (Å²) in [6, 6.07) is 3.84. The smallest absolute Gasteiger partial charge is 0.327 e. The van der Waals surface area contributed by atoms with Gasteiger partial charge in [-0.3, -0.25) is 0 Å². The van der Waals surface area contributed by atoms with E-state index in [2.05, 4.69) is 21.2 Å². The highest BCUT2D eigenvalue weighted by atomic mass is 79.9. The number of rotatable bonds is 2. The molecule has 2 N–H and O–H groups in total. The van der Waals surface area contributed by atoms with E-state index in [1.165, 1.54) is 16.7 Å². The molecule has 1 fully saturated rings. The molecule has 0 bridgehead atoms. The topological polar surface area (TPSA) is 69.6 Å². The number of carbonyl (C=O) groups is 2. The van der Waals surface area contributed by atoms with E-state index < -0.39 is 18.0 Å². The molecule has 1 aromatic carbocycles. The fourth-order valence-electron chi connectivity index (χ4n) is 1.83. The summed E-state index contributed by atoms with van der Waals surface area (Å²) >= 11 is 10.8. The molecule has 1 aliphatic heterocycles. The molecule has 0 saturated carbocycles. The minimum Gasteiger partial charge on any atom is -0.480 e. The number of aliphatic carboxylic acids is 1. The van der Waals surface area contributed by atoms with Crippen molar-refractivity contribution < 1.29 is 14.7 Å². The van der Waals surface area contributed by atoms with Crippen LogP contribution in [-0.4, -0.2) is 46.1 Å². The third-order valence-corrected chi connectivity index (χ3v) is 4.68. The van der Waals surface area contributed by atoms with E-state index in [9.17, 15) is 9.59 Å². The summed E-state index contributed by atoms with van der Waals surface area (Å²) in [5.74, 6) is 0.136. The molecular formula is C12H12BrClN2O3S. The number of anilines is 1. The van der Waals surface area contributed by atoms with E-state index in [1.54, 1.807) is 18.2 Å². The molecule has 2 rings (SSSR count). The van der Waals surface area contributed by atoms with Gasteiger partial charge < -0.3 is 15.3 Å². The van der Waals surface area contributed by atoms with Gasteiger partial charge in [-0.1, -0.05) is 27.5 Å². The number of nitrogens with zero attached hydrogens (tertiary/aromatic N) is 1. The number of hydrogen-bond donors (Lipinski definition) is 2. The Morgan fingerprint density at radius 3 is 2.90 bits per heavy atom. The van der Waals surface area contributed by atoms with E-state index in [-0.39, 0.29) is 0 Å². The van der Waals surface area contributed by atoms with Crippen LogP contribution in [0, 0.1) is 0 Å². The fraction of sp³-hybridized carbons (Fsp3) is 0.333. The summed E-state index contributed by atoms with van der Waals surface area (Å²) in [5, 5.41) is 12.2. The van der Waals surface area contributed by atoms with Gasteiger partial charge in [-0.15, -0.1) is 0 Å². The molecule has 1 aromatic rings. The summed E-state index contributed by atoms with van der Waals surface area (Å²) in [7, 11) is 0. The standard InChI is InChI=1S/C12H12BrClN2O3S/c13-7-1-2-9(8(14)5-7)15-12(19)16-3-4-20-6-10(16)11(17)18/h1-2,5,10H,3-4,6H2,(H,15,19)(H,17,18). The lowest BCUT2D eigenvalue weighted by molar-refractivity contribution is -0.141. The van der Waals surface area contributed by atoms with Gasteiger partial charge in [0.15, 0.2) is 0 Å². The number of benzene rings is 1. The van der Waals surface area contributed by atoms with Crippen LogP contribution in [0.5, 0.6) is 0 Å². The zero-order valence-corrected chi connectivity index (χ0v) is 13.5. The first-order valence-electron chi connectivity index (χ1n) is 5.82. The second kappa shape index (κ2) is 6.69. The first kappa shape index (κ1) is 15.5. The van der Waals surface area contributed by atoms with Crippen molar-refractivity contribution in [2.45, 2.75) is 6.04 Å². The molecule has 0 spiro atoms. The molecule has 8 heteroatoms. The number of carboxylic acid groups (broad SMARTS) is 1. The maximum Gasteiger partial charge on any atom is 0.327 e. The minimum atomic E-state index is -0.991. The van der Waals surface area contributed by atoms with Crippen LogP contribution in [-0.2, 0) is 4.79 Å². The van der Waals surface area contributed by atoms with Gasteiger partial charge in [0.2, 0.25) is 0 Å². The van der Waals surface area contributed by atoms with Gasteiger partial charge >= 0.3 is 12.0 Å². The van der Waals surface area contributed by atoms with Gasteiger partial charge in [-0.2, -0.15) is 11.8 Å². The Hall–Kier alpha value is -0.920. The van der Waals surface area contributed by atoms with E-state index in [0.717, 1.165) is 10.2 Å². The van der Waals surface area contributed by atoms with Crippen LogP contribution >= 0.6 is 39.3 Å². The predicted octanol–water partition coefficient (Wildman–Crippen LogP) is 3.14. The van der Waals surface area contributed by atoms with E-state index in [1.807, 2.05) is 0 Å². The summed E-state index contributed by atoms with van der Waals surface area (Å²) in [6.45, 7) is 0.404. The number of carbonyl (C=O) groups excluding carboxylic acids is 1. The summed E-state index contributed by atoms with van der Waals surface area (Å²) in [4.78, 5) is 24.7. The predicted molar refractivity (Wildman–Crippen MR) is 83.6 cm³/mol. The van der Waals surface area contributed by atoms with Crippen molar-refractivity contribution in [3.8, 4) is 0 Å². The molecule has 108 valence electrons. The van der Waals surface area contributed by atoms with Gasteiger partial charge in [0, 0.05) is 22.5 Å². The first-order chi connectivity index (χ1) is 9.49. The molecule has 20 heavy (non-hydrogen) atoms. The minimum absolute atomic E-state index is 0.394. The van der Waals surface area contributed by atoms with E-state index in [4.69, 9.17) is 16.7 Å². The third-order valence-electron chi connectivity index (χ3n) is 2.85. The average Bonchev–Trinajstić information content (AvgIpc) is 2.41. The maximum absolute atomic E-state index is 12.2. The number of halogens is 2. The maximum atomic E-state index is 12.2. The normalized spacial score (nSPS) is 18.7. The largest absolute Gasteiger partial charge is 0.480 e. The van der Waals surface area contributed by atoms with Crippen molar-refractivity contribution in [2.75, 3.05) is 23.4 Å². The molecule has 1 unspecified atom stereocenters. The van der Waals surface area contributed by atoms with Crippen molar-refractivity contribution in [2.24, 2.45) is 0 Å². The van der Waals surface area contributed by atoms with Gasteiger partial charge in [0.1, 0.15) is 6.04 Å². The SMILES string of the molecule is O=C(O)C1CSCCN1C(=O)Nc1ccc(Br)cc1Cl. The monoisotopic (exact) mass is 378 g/mol. The molecule has 0 radical (unpaired) electrons. The molecule has 1 heterocycles. The quantitative estimate of drug-likeness (QED) is 0.828. The lowest BCUT2D eigenvalue weighted by Gasteiger charge is -2.32. The van der Waals surface area contributed by atoms with Crippen LogP contribution < -0.4 is 5.32 Å². The van der Waals surface area contributed by atoms with Crippen molar-refractivity contribution in [3.63, 3.8) is 0 Å². The Balaban J connectivity index is 2.12. The van der Waals surface area contributed by atoms with Crippen LogP contribution in [0.1, 0.15) is 0 Å². The number of nitrogens with one attached hydrogen (secondary N) is 1. The second-order valence-electron chi connectivity index (χ2n) is 4.18. The van der Waals surface area contributed by atoms with Crippen LogP contribution in [0.4, 0.5) is 10.5 Å². The molecule has 0 aliphatic carbocycles. The van der Waals surface area contributed by atoms with Crippen molar-refractivity contribution in [3.05, 3.63) is 27.7 Å². The van der Waals surface area contributed by atoms with Crippen molar-refractivity contribution in [1.82, 2.24) is 4.90 Å². The average molecular weight is 380 g/mol. The highest BCUT2D eigenvalue weighted by molar-refractivity contribution is 9.10. The zero-order chi connectivity index (χ0) is 14.7. The van der Waals surface area contributed by atoms with E-state index >= 15 is 0 Å². The van der Waals surface area contributed by atoms with Gasteiger partial charge in [0.05, 0.1) is 10.7 Å². The zero-order valence-electron chi connectivity index (χ0n) is 10.3. The van der Waals surface area contributed by atoms with Gasteiger partial charge in [0.25, 0.3) is 0 Å². The summed E-state index contributed by atoms with van der Waals surface area (Å²) < 4.78 is 0.804.